The number of hydrogen-bond acceptors (Lipinski definition) is 4. The maximum absolute atomic E-state index is 10.2. The van der Waals surface area contributed by atoms with Crippen LogP contribution >= 0.6 is 0 Å². The number of ether oxygens (including phenoxy) is 1. The van der Waals surface area contributed by atoms with Crippen molar-refractivity contribution in [1.82, 2.24) is 0 Å². The van der Waals surface area contributed by atoms with Crippen molar-refractivity contribution in [2.75, 3.05) is 6.61 Å². The molecule has 4 atom stereocenters. The summed E-state index contributed by atoms with van der Waals surface area (Å²) in [4.78, 5) is 0. The Labute approximate surface area is 84.5 Å². The molecular formula is C10H20O4. The SMILES string of the molecule is CCCCC1(O)C(O)[C@H](C)O[C@@H]1CO. The Bertz CT molecular complexity index is 185. The molecule has 1 rings (SSSR count). The molecule has 4 nitrogen and oxygen atoms in total. The van der Waals surface area contributed by atoms with Crippen molar-refractivity contribution >= 4 is 0 Å². The van der Waals surface area contributed by atoms with Crippen LogP contribution in [0.2, 0.25) is 0 Å². The molecule has 1 fully saturated rings. The van der Waals surface area contributed by atoms with E-state index in [9.17, 15) is 10.2 Å². The summed E-state index contributed by atoms with van der Waals surface area (Å²) >= 11 is 0. The summed E-state index contributed by atoms with van der Waals surface area (Å²) in [6, 6.07) is 0. The first-order valence-electron chi connectivity index (χ1n) is 5.23. The number of hydrogen-bond donors (Lipinski definition) is 3. The summed E-state index contributed by atoms with van der Waals surface area (Å²) in [5.74, 6) is 0. The van der Waals surface area contributed by atoms with Crippen molar-refractivity contribution < 1.29 is 20.1 Å². The van der Waals surface area contributed by atoms with Crippen LogP contribution in [0.15, 0.2) is 0 Å². The summed E-state index contributed by atoms with van der Waals surface area (Å²) in [6.45, 7) is 3.47. The first-order chi connectivity index (χ1) is 6.56. The molecule has 14 heavy (non-hydrogen) atoms. The predicted molar refractivity (Wildman–Crippen MR) is 51.9 cm³/mol. The zero-order valence-corrected chi connectivity index (χ0v) is 8.81. The molecule has 1 heterocycles. The third-order valence-corrected chi connectivity index (χ3v) is 2.99. The molecule has 1 saturated heterocycles. The Morgan fingerprint density at radius 1 is 1.43 bits per heavy atom. The Morgan fingerprint density at radius 2 is 2.07 bits per heavy atom. The monoisotopic (exact) mass is 204 g/mol. The van der Waals surface area contributed by atoms with E-state index in [2.05, 4.69) is 0 Å². The van der Waals surface area contributed by atoms with E-state index >= 15 is 0 Å². The van der Waals surface area contributed by atoms with Gasteiger partial charge in [-0.05, 0) is 13.3 Å². The number of rotatable bonds is 4. The van der Waals surface area contributed by atoms with Crippen LogP contribution in [-0.4, -0.2) is 45.8 Å². The molecular weight excluding hydrogens is 184 g/mol. The highest BCUT2D eigenvalue weighted by atomic mass is 16.6. The van der Waals surface area contributed by atoms with Gasteiger partial charge in [0.1, 0.15) is 17.8 Å². The normalized spacial score (nSPS) is 43.1. The van der Waals surface area contributed by atoms with Crippen LogP contribution < -0.4 is 0 Å². The minimum atomic E-state index is -1.27. The topological polar surface area (TPSA) is 69.9 Å². The van der Waals surface area contributed by atoms with Crippen LogP contribution in [-0.2, 0) is 4.74 Å². The van der Waals surface area contributed by atoms with Crippen LogP contribution in [0.1, 0.15) is 33.1 Å². The Hall–Kier alpha value is -0.160. The quantitative estimate of drug-likeness (QED) is 0.605. The lowest BCUT2D eigenvalue weighted by Crippen LogP contribution is -2.49. The highest BCUT2D eigenvalue weighted by Gasteiger charge is 2.52. The predicted octanol–water partition coefficient (Wildman–Crippen LogP) is 0.0482. The van der Waals surface area contributed by atoms with Gasteiger partial charge < -0.3 is 20.1 Å². The van der Waals surface area contributed by atoms with E-state index in [0.29, 0.717) is 6.42 Å². The van der Waals surface area contributed by atoms with Gasteiger partial charge in [-0.15, -0.1) is 0 Å². The van der Waals surface area contributed by atoms with Crippen LogP contribution in [0.3, 0.4) is 0 Å². The fourth-order valence-electron chi connectivity index (χ4n) is 2.02. The molecule has 1 aliphatic heterocycles. The van der Waals surface area contributed by atoms with Gasteiger partial charge in [-0.2, -0.15) is 0 Å². The van der Waals surface area contributed by atoms with E-state index in [0.717, 1.165) is 12.8 Å². The highest BCUT2D eigenvalue weighted by molar-refractivity contribution is 5.01. The fraction of sp³-hybridized carbons (Fsp3) is 1.00. The third kappa shape index (κ3) is 1.93. The van der Waals surface area contributed by atoms with Crippen LogP contribution in [0.5, 0.6) is 0 Å². The molecule has 0 amide bonds. The summed E-state index contributed by atoms with van der Waals surface area (Å²) < 4.78 is 5.29. The van der Waals surface area contributed by atoms with Gasteiger partial charge in [0.25, 0.3) is 0 Å². The van der Waals surface area contributed by atoms with E-state index in [1.807, 2.05) is 6.92 Å². The largest absolute Gasteiger partial charge is 0.394 e. The summed E-state index contributed by atoms with van der Waals surface area (Å²) in [6.07, 6.45) is 0.279. The van der Waals surface area contributed by atoms with E-state index < -0.39 is 23.9 Å². The average molecular weight is 204 g/mol. The number of aliphatic hydroxyl groups excluding tert-OH is 2. The lowest BCUT2D eigenvalue weighted by molar-refractivity contribution is -0.0979. The van der Waals surface area contributed by atoms with E-state index in [1.165, 1.54) is 0 Å². The summed E-state index contributed by atoms with van der Waals surface area (Å²) in [7, 11) is 0. The van der Waals surface area contributed by atoms with Gasteiger partial charge >= 0.3 is 0 Å². The summed E-state index contributed by atoms with van der Waals surface area (Å²) in [5, 5.41) is 29.0. The molecule has 84 valence electrons. The molecule has 3 N–H and O–H groups in total. The molecule has 2 unspecified atom stereocenters. The Balaban J connectivity index is 2.69. The summed E-state index contributed by atoms with van der Waals surface area (Å²) in [5.41, 5.74) is -1.27. The highest BCUT2D eigenvalue weighted by Crippen LogP contribution is 2.34. The zero-order chi connectivity index (χ0) is 10.8. The maximum Gasteiger partial charge on any atom is 0.121 e. The van der Waals surface area contributed by atoms with E-state index in [4.69, 9.17) is 9.84 Å². The van der Waals surface area contributed by atoms with Gasteiger partial charge in [0.2, 0.25) is 0 Å². The molecule has 0 aromatic heterocycles. The van der Waals surface area contributed by atoms with Gasteiger partial charge in [-0.3, -0.25) is 0 Å². The number of aliphatic hydroxyl groups is 3. The van der Waals surface area contributed by atoms with Crippen molar-refractivity contribution in [1.29, 1.82) is 0 Å². The smallest absolute Gasteiger partial charge is 0.121 e. The van der Waals surface area contributed by atoms with Gasteiger partial charge in [0, 0.05) is 0 Å². The van der Waals surface area contributed by atoms with Crippen LogP contribution in [0.4, 0.5) is 0 Å². The lowest BCUT2D eigenvalue weighted by atomic mass is 9.86. The van der Waals surface area contributed by atoms with Crippen molar-refractivity contribution in [3.8, 4) is 0 Å². The minimum Gasteiger partial charge on any atom is -0.394 e. The molecule has 4 heteroatoms. The van der Waals surface area contributed by atoms with Crippen molar-refractivity contribution in [3.63, 3.8) is 0 Å². The third-order valence-electron chi connectivity index (χ3n) is 2.99. The fourth-order valence-corrected chi connectivity index (χ4v) is 2.02. The Kier molecular flexibility index (Phi) is 3.89. The molecule has 0 radical (unpaired) electrons. The van der Waals surface area contributed by atoms with Crippen LogP contribution in [0, 0.1) is 0 Å². The first-order valence-corrected chi connectivity index (χ1v) is 5.23. The maximum atomic E-state index is 10.2. The molecule has 0 bridgehead atoms. The minimum absolute atomic E-state index is 0.248. The van der Waals surface area contributed by atoms with Gasteiger partial charge in [0.05, 0.1) is 12.7 Å². The standard InChI is InChI=1S/C10H20O4/c1-3-4-5-10(13)8(6-11)14-7(2)9(10)12/h7-9,11-13H,3-6H2,1-2H3/t7-,8+,9?,10?/m0/s1. The Morgan fingerprint density at radius 3 is 2.57 bits per heavy atom. The molecule has 0 aromatic rings. The molecule has 1 aliphatic rings. The van der Waals surface area contributed by atoms with Crippen molar-refractivity contribution in [3.05, 3.63) is 0 Å². The van der Waals surface area contributed by atoms with Crippen molar-refractivity contribution in [2.45, 2.75) is 57.0 Å². The second kappa shape index (κ2) is 4.57. The molecule has 0 spiro atoms. The first kappa shape index (κ1) is 11.9. The van der Waals surface area contributed by atoms with Gasteiger partial charge in [0.15, 0.2) is 0 Å². The van der Waals surface area contributed by atoms with Crippen LogP contribution in [0.25, 0.3) is 0 Å². The van der Waals surface area contributed by atoms with Gasteiger partial charge in [-0.25, -0.2) is 0 Å². The molecule has 0 saturated carbocycles. The second-order valence-corrected chi connectivity index (χ2v) is 4.05. The van der Waals surface area contributed by atoms with E-state index in [1.54, 1.807) is 6.92 Å². The zero-order valence-electron chi connectivity index (χ0n) is 8.81. The number of unbranched alkanes of at least 4 members (excludes halogenated alkanes) is 1. The van der Waals surface area contributed by atoms with E-state index in [-0.39, 0.29) is 6.61 Å². The molecule has 0 aromatic carbocycles. The lowest BCUT2D eigenvalue weighted by Gasteiger charge is -2.30. The van der Waals surface area contributed by atoms with Crippen molar-refractivity contribution in [2.24, 2.45) is 0 Å². The second-order valence-electron chi connectivity index (χ2n) is 4.05. The average Bonchev–Trinajstić information content (AvgIpc) is 2.40. The van der Waals surface area contributed by atoms with Gasteiger partial charge in [-0.1, -0.05) is 19.8 Å². The molecule has 0 aliphatic carbocycles.